The molecule has 0 saturated carbocycles. The van der Waals surface area contributed by atoms with Gasteiger partial charge in [-0.05, 0) is 43.5 Å². The normalized spacial score (nSPS) is 19.0. The first-order valence-corrected chi connectivity index (χ1v) is 6.66. The van der Waals surface area contributed by atoms with Crippen LogP contribution in [0.4, 0.5) is 0 Å². The van der Waals surface area contributed by atoms with E-state index in [9.17, 15) is 9.59 Å². The van der Waals surface area contributed by atoms with Crippen molar-refractivity contribution in [2.45, 2.75) is 25.8 Å². The van der Waals surface area contributed by atoms with Gasteiger partial charge in [0.2, 0.25) is 5.91 Å². The minimum atomic E-state index is -0.457. The first-order valence-electron chi connectivity index (χ1n) is 5.87. The Balaban J connectivity index is 2.25. The summed E-state index contributed by atoms with van der Waals surface area (Å²) in [4.78, 5) is 25.2. The predicted octanol–water partition coefficient (Wildman–Crippen LogP) is 1.85. The topological polar surface area (TPSA) is 63.4 Å². The van der Waals surface area contributed by atoms with Crippen molar-refractivity contribution in [2.24, 2.45) is 5.73 Å². The third-order valence-electron chi connectivity index (χ3n) is 3.25. The van der Waals surface area contributed by atoms with Crippen molar-refractivity contribution in [3.63, 3.8) is 0 Å². The number of halogens is 1. The standard InChI is InChI=1S/C13H15BrN2O2/c1-8-7-9(4-5-10(8)14)13(18)16-6-2-3-11(16)12(15)17/h4-5,7,11H,2-3,6H2,1H3,(H2,15,17). The second-order valence-electron chi connectivity index (χ2n) is 4.52. The SMILES string of the molecule is Cc1cc(C(=O)N2CCCC2C(N)=O)ccc1Br. The maximum atomic E-state index is 12.3. The van der Waals surface area contributed by atoms with E-state index in [0.717, 1.165) is 16.5 Å². The maximum Gasteiger partial charge on any atom is 0.254 e. The number of benzene rings is 1. The average Bonchev–Trinajstić information content (AvgIpc) is 2.81. The lowest BCUT2D eigenvalue weighted by Crippen LogP contribution is -2.43. The third kappa shape index (κ3) is 2.41. The highest BCUT2D eigenvalue weighted by atomic mass is 79.9. The fraction of sp³-hybridized carbons (Fsp3) is 0.385. The van der Waals surface area contributed by atoms with Crippen LogP contribution in [0.5, 0.6) is 0 Å². The van der Waals surface area contributed by atoms with Crippen LogP contribution in [0.25, 0.3) is 0 Å². The highest BCUT2D eigenvalue weighted by Gasteiger charge is 2.33. The van der Waals surface area contributed by atoms with Crippen LogP contribution < -0.4 is 5.73 Å². The van der Waals surface area contributed by atoms with Crippen LogP contribution in [-0.4, -0.2) is 29.3 Å². The molecule has 1 aromatic rings. The number of hydrogen-bond acceptors (Lipinski definition) is 2. The zero-order valence-corrected chi connectivity index (χ0v) is 11.7. The van der Waals surface area contributed by atoms with Gasteiger partial charge in [-0.3, -0.25) is 9.59 Å². The molecule has 0 spiro atoms. The van der Waals surface area contributed by atoms with Crippen LogP contribution in [0.2, 0.25) is 0 Å². The van der Waals surface area contributed by atoms with Crippen molar-refractivity contribution < 1.29 is 9.59 Å². The first kappa shape index (κ1) is 13.1. The highest BCUT2D eigenvalue weighted by molar-refractivity contribution is 9.10. The van der Waals surface area contributed by atoms with Gasteiger partial charge in [-0.25, -0.2) is 0 Å². The van der Waals surface area contributed by atoms with Gasteiger partial charge in [0.15, 0.2) is 0 Å². The van der Waals surface area contributed by atoms with E-state index in [2.05, 4.69) is 15.9 Å². The number of likely N-dealkylation sites (tertiary alicyclic amines) is 1. The zero-order valence-electron chi connectivity index (χ0n) is 10.1. The molecule has 1 saturated heterocycles. The fourth-order valence-electron chi connectivity index (χ4n) is 2.25. The van der Waals surface area contributed by atoms with Crippen molar-refractivity contribution in [2.75, 3.05) is 6.54 Å². The Kier molecular flexibility index (Phi) is 3.71. The van der Waals surface area contributed by atoms with Gasteiger partial charge < -0.3 is 10.6 Å². The molecule has 4 nitrogen and oxygen atoms in total. The summed E-state index contributed by atoms with van der Waals surface area (Å²) in [7, 11) is 0. The van der Waals surface area contributed by atoms with Crippen molar-refractivity contribution in [1.29, 1.82) is 0 Å². The Labute approximate surface area is 114 Å². The molecule has 1 fully saturated rings. The first-order chi connectivity index (χ1) is 8.50. The lowest BCUT2D eigenvalue weighted by Gasteiger charge is -2.22. The lowest BCUT2D eigenvalue weighted by atomic mass is 10.1. The molecule has 0 aromatic heterocycles. The van der Waals surface area contributed by atoms with E-state index in [1.807, 2.05) is 19.1 Å². The average molecular weight is 311 g/mol. The number of nitrogens with two attached hydrogens (primary N) is 1. The molecule has 0 radical (unpaired) electrons. The van der Waals surface area contributed by atoms with E-state index in [4.69, 9.17) is 5.73 Å². The van der Waals surface area contributed by atoms with Crippen molar-refractivity contribution in [1.82, 2.24) is 4.90 Å². The van der Waals surface area contributed by atoms with Crippen LogP contribution in [0, 0.1) is 6.92 Å². The summed E-state index contributed by atoms with van der Waals surface area (Å²) in [6.45, 7) is 2.53. The zero-order chi connectivity index (χ0) is 13.3. The third-order valence-corrected chi connectivity index (χ3v) is 4.14. The van der Waals surface area contributed by atoms with Gasteiger partial charge in [-0.2, -0.15) is 0 Å². The summed E-state index contributed by atoms with van der Waals surface area (Å²) in [5.41, 5.74) is 6.91. The van der Waals surface area contributed by atoms with Gasteiger partial charge in [0, 0.05) is 16.6 Å². The van der Waals surface area contributed by atoms with E-state index in [0.29, 0.717) is 18.5 Å². The van der Waals surface area contributed by atoms with Crippen LogP contribution in [-0.2, 0) is 4.79 Å². The van der Waals surface area contributed by atoms with Gasteiger partial charge in [0.25, 0.3) is 5.91 Å². The van der Waals surface area contributed by atoms with E-state index in [-0.39, 0.29) is 5.91 Å². The molecule has 0 aliphatic carbocycles. The second-order valence-corrected chi connectivity index (χ2v) is 5.38. The minimum Gasteiger partial charge on any atom is -0.368 e. The van der Waals surface area contributed by atoms with Gasteiger partial charge in [0.1, 0.15) is 6.04 Å². The Morgan fingerprint density at radius 1 is 1.44 bits per heavy atom. The number of primary amides is 1. The summed E-state index contributed by atoms with van der Waals surface area (Å²) in [6, 6.07) is 4.97. The fourth-order valence-corrected chi connectivity index (χ4v) is 2.50. The molecule has 2 N–H and O–H groups in total. The van der Waals surface area contributed by atoms with Crippen molar-refractivity contribution in [3.05, 3.63) is 33.8 Å². The second kappa shape index (κ2) is 5.10. The molecular weight excluding hydrogens is 296 g/mol. The highest BCUT2D eigenvalue weighted by Crippen LogP contribution is 2.22. The van der Waals surface area contributed by atoms with Crippen molar-refractivity contribution in [3.8, 4) is 0 Å². The van der Waals surface area contributed by atoms with Gasteiger partial charge in [-0.15, -0.1) is 0 Å². The molecule has 96 valence electrons. The molecule has 0 bridgehead atoms. The van der Waals surface area contributed by atoms with Crippen LogP contribution >= 0.6 is 15.9 Å². The molecule has 2 amide bonds. The van der Waals surface area contributed by atoms with E-state index in [1.54, 1.807) is 11.0 Å². The largest absolute Gasteiger partial charge is 0.368 e. The monoisotopic (exact) mass is 310 g/mol. The molecular formula is C13H15BrN2O2. The van der Waals surface area contributed by atoms with Gasteiger partial charge >= 0.3 is 0 Å². The number of amides is 2. The predicted molar refractivity (Wildman–Crippen MR) is 72.1 cm³/mol. The van der Waals surface area contributed by atoms with Crippen LogP contribution in [0.1, 0.15) is 28.8 Å². The molecule has 1 aromatic carbocycles. The smallest absolute Gasteiger partial charge is 0.254 e. The maximum absolute atomic E-state index is 12.3. The summed E-state index contributed by atoms with van der Waals surface area (Å²) < 4.78 is 0.965. The quantitative estimate of drug-likeness (QED) is 0.906. The summed E-state index contributed by atoms with van der Waals surface area (Å²) in [6.07, 6.45) is 1.49. The van der Waals surface area contributed by atoms with Crippen molar-refractivity contribution >= 4 is 27.7 Å². The molecule has 1 aliphatic heterocycles. The van der Waals surface area contributed by atoms with Gasteiger partial charge in [0.05, 0.1) is 0 Å². The number of rotatable bonds is 2. The number of carbonyl (C=O) groups is 2. The Morgan fingerprint density at radius 3 is 2.78 bits per heavy atom. The summed E-state index contributed by atoms with van der Waals surface area (Å²) in [5, 5.41) is 0. The summed E-state index contributed by atoms with van der Waals surface area (Å²) in [5.74, 6) is -0.540. The molecule has 2 rings (SSSR count). The number of carbonyl (C=O) groups excluding carboxylic acids is 2. The van der Waals surface area contributed by atoms with Crippen LogP contribution in [0.15, 0.2) is 22.7 Å². The Hall–Kier alpha value is -1.36. The number of aryl methyl sites for hydroxylation is 1. The number of hydrogen-bond donors (Lipinski definition) is 1. The molecule has 1 aliphatic rings. The number of nitrogens with zero attached hydrogens (tertiary/aromatic N) is 1. The minimum absolute atomic E-state index is 0.119. The molecule has 18 heavy (non-hydrogen) atoms. The molecule has 1 heterocycles. The van der Waals surface area contributed by atoms with Gasteiger partial charge in [-0.1, -0.05) is 15.9 Å². The van der Waals surface area contributed by atoms with Crippen LogP contribution in [0.3, 0.4) is 0 Å². The molecule has 1 atom stereocenters. The Bertz CT molecular complexity index is 502. The molecule has 5 heteroatoms. The Morgan fingerprint density at radius 2 is 2.17 bits per heavy atom. The van der Waals surface area contributed by atoms with E-state index in [1.165, 1.54) is 0 Å². The lowest BCUT2D eigenvalue weighted by molar-refractivity contribution is -0.121. The van der Waals surface area contributed by atoms with E-state index < -0.39 is 11.9 Å². The molecule has 1 unspecified atom stereocenters. The summed E-state index contributed by atoms with van der Waals surface area (Å²) >= 11 is 3.40. The van der Waals surface area contributed by atoms with E-state index >= 15 is 0 Å².